The molecule has 2 heterocycles. The summed E-state index contributed by atoms with van der Waals surface area (Å²) in [6.45, 7) is 0.553. The van der Waals surface area contributed by atoms with Gasteiger partial charge in [0.05, 0.1) is 18.6 Å². The molecule has 1 aromatic rings. The first-order valence-corrected chi connectivity index (χ1v) is 3.32. The van der Waals surface area contributed by atoms with E-state index in [0.29, 0.717) is 12.4 Å². The Kier molecular flexibility index (Phi) is 1.12. The predicted octanol–water partition coefficient (Wildman–Crippen LogP) is 0.0552. The molecular weight excluding hydrogens is 144 g/mol. The van der Waals surface area contributed by atoms with E-state index in [0.717, 1.165) is 5.69 Å². The van der Waals surface area contributed by atoms with Crippen molar-refractivity contribution in [2.75, 3.05) is 5.32 Å². The van der Waals surface area contributed by atoms with Crippen LogP contribution in [-0.2, 0) is 13.6 Å². The largest absolute Gasteiger partial charge is 0.334 e. The van der Waals surface area contributed by atoms with Crippen LogP contribution in [0.4, 0.5) is 10.6 Å². The monoisotopic (exact) mass is 152 g/mol. The van der Waals surface area contributed by atoms with Gasteiger partial charge < -0.3 is 9.88 Å². The van der Waals surface area contributed by atoms with Crippen molar-refractivity contribution < 1.29 is 4.79 Å². The van der Waals surface area contributed by atoms with Crippen LogP contribution in [0, 0.1) is 0 Å². The maximum absolute atomic E-state index is 10.8. The molecule has 2 N–H and O–H groups in total. The van der Waals surface area contributed by atoms with E-state index in [4.69, 9.17) is 0 Å². The number of nitrogens with zero attached hydrogens (tertiary/aromatic N) is 2. The van der Waals surface area contributed by atoms with Crippen molar-refractivity contribution >= 4 is 11.8 Å². The quantitative estimate of drug-likeness (QED) is 0.552. The molecule has 0 unspecified atom stereocenters. The minimum atomic E-state index is -0.184. The van der Waals surface area contributed by atoms with E-state index < -0.39 is 0 Å². The van der Waals surface area contributed by atoms with E-state index in [1.165, 1.54) is 0 Å². The second-order valence-electron chi connectivity index (χ2n) is 2.46. The Morgan fingerprint density at radius 2 is 2.55 bits per heavy atom. The summed E-state index contributed by atoms with van der Waals surface area (Å²) in [7, 11) is 1.89. The molecule has 1 aliphatic heterocycles. The summed E-state index contributed by atoms with van der Waals surface area (Å²) in [5, 5.41) is 5.25. The number of carbonyl (C=O) groups is 1. The highest BCUT2D eigenvalue weighted by molar-refractivity contribution is 5.90. The Bertz CT molecular complexity index is 304. The lowest BCUT2D eigenvalue weighted by atomic mass is 10.4. The Hall–Kier alpha value is -1.52. The molecular formula is C6H8N4O. The molecule has 2 amide bonds. The number of amides is 2. The van der Waals surface area contributed by atoms with Gasteiger partial charge in [-0.05, 0) is 0 Å². The highest BCUT2D eigenvalue weighted by atomic mass is 16.2. The molecule has 0 radical (unpaired) electrons. The molecule has 0 spiro atoms. The third-order valence-corrected chi connectivity index (χ3v) is 1.71. The molecule has 11 heavy (non-hydrogen) atoms. The van der Waals surface area contributed by atoms with Gasteiger partial charge in [0.1, 0.15) is 0 Å². The Morgan fingerprint density at radius 1 is 1.73 bits per heavy atom. The van der Waals surface area contributed by atoms with Gasteiger partial charge in [-0.1, -0.05) is 0 Å². The minimum absolute atomic E-state index is 0.184. The smallest absolute Gasteiger partial charge is 0.320 e. The molecule has 2 rings (SSSR count). The molecule has 0 saturated heterocycles. The van der Waals surface area contributed by atoms with Crippen molar-refractivity contribution in [3.8, 4) is 0 Å². The Labute approximate surface area is 63.4 Å². The summed E-state index contributed by atoms with van der Waals surface area (Å²) in [5.41, 5.74) is 1.00. The minimum Gasteiger partial charge on any atom is -0.334 e. The first-order valence-electron chi connectivity index (χ1n) is 3.32. The summed E-state index contributed by atoms with van der Waals surface area (Å²) < 4.78 is 1.88. The molecule has 58 valence electrons. The molecule has 1 aliphatic rings. The Balaban J connectivity index is 2.44. The van der Waals surface area contributed by atoms with Crippen LogP contribution in [0.5, 0.6) is 0 Å². The maximum Gasteiger partial charge on any atom is 0.320 e. The van der Waals surface area contributed by atoms with Crippen molar-refractivity contribution in [2.24, 2.45) is 7.05 Å². The van der Waals surface area contributed by atoms with E-state index in [1.54, 1.807) is 6.33 Å². The first kappa shape index (κ1) is 6.21. The van der Waals surface area contributed by atoms with Crippen LogP contribution in [0.3, 0.4) is 0 Å². The lowest BCUT2D eigenvalue weighted by molar-refractivity contribution is 0.250. The van der Waals surface area contributed by atoms with Crippen molar-refractivity contribution in [1.82, 2.24) is 14.9 Å². The summed E-state index contributed by atoms with van der Waals surface area (Å²) >= 11 is 0. The van der Waals surface area contributed by atoms with E-state index in [-0.39, 0.29) is 6.03 Å². The normalized spacial score (nSPS) is 15.2. The maximum atomic E-state index is 10.8. The number of hydrogen-bond donors (Lipinski definition) is 2. The average molecular weight is 152 g/mol. The van der Waals surface area contributed by atoms with Crippen molar-refractivity contribution in [3.63, 3.8) is 0 Å². The van der Waals surface area contributed by atoms with E-state index in [2.05, 4.69) is 15.6 Å². The topological polar surface area (TPSA) is 59.0 Å². The number of rotatable bonds is 0. The standard InChI is InChI=1S/C6H8N4O/c1-10-3-8-5-4(10)2-7-6(11)9-5/h3H,2H2,1H3,(H2,7,9,11). The van der Waals surface area contributed by atoms with Gasteiger partial charge in [0, 0.05) is 7.05 Å². The number of hydrogen-bond acceptors (Lipinski definition) is 2. The zero-order chi connectivity index (χ0) is 7.84. The summed E-state index contributed by atoms with van der Waals surface area (Å²) in [6.07, 6.45) is 1.68. The number of carbonyl (C=O) groups excluding carboxylic acids is 1. The highest BCUT2D eigenvalue weighted by Gasteiger charge is 2.16. The van der Waals surface area contributed by atoms with Gasteiger partial charge in [-0.15, -0.1) is 0 Å². The third-order valence-electron chi connectivity index (χ3n) is 1.71. The van der Waals surface area contributed by atoms with Gasteiger partial charge in [0.2, 0.25) is 0 Å². The van der Waals surface area contributed by atoms with Crippen LogP contribution >= 0.6 is 0 Å². The summed E-state index contributed by atoms with van der Waals surface area (Å²) in [4.78, 5) is 14.8. The van der Waals surface area contributed by atoms with Crippen LogP contribution < -0.4 is 10.6 Å². The summed E-state index contributed by atoms with van der Waals surface area (Å²) in [5.74, 6) is 0.663. The van der Waals surface area contributed by atoms with Crippen LogP contribution in [0.25, 0.3) is 0 Å². The molecule has 0 atom stereocenters. The van der Waals surface area contributed by atoms with Gasteiger partial charge in [0.25, 0.3) is 0 Å². The third kappa shape index (κ3) is 0.849. The highest BCUT2D eigenvalue weighted by Crippen LogP contribution is 2.14. The van der Waals surface area contributed by atoms with Gasteiger partial charge >= 0.3 is 6.03 Å². The first-order chi connectivity index (χ1) is 5.27. The average Bonchev–Trinajstić information content (AvgIpc) is 2.32. The molecule has 0 fully saturated rings. The number of fused-ring (bicyclic) bond motifs is 1. The van der Waals surface area contributed by atoms with Gasteiger partial charge in [-0.25, -0.2) is 9.78 Å². The fraction of sp³-hybridized carbons (Fsp3) is 0.333. The molecule has 1 aromatic heterocycles. The van der Waals surface area contributed by atoms with Crippen molar-refractivity contribution in [2.45, 2.75) is 6.54 Å². The van der Waals surface area contributed by atoms with E-state index in [1.807, 2.05) is 11.6 Å². The SMILES string of the molecule is Cn1cnc2c1CNC(=O)N2. The lowest BCUT2D eigenvalue weighted by Gasteiger charge is -2.13. The zero-order valence-electron chi connectivity index (χ0n) is 6.09. The molecule has 5 heteroatoms. The summed E-state index contributed by atoms with van der Waals surface area (Å²) in [6, 6.07) is -0.184. The number of urea groups is 1. The fourth-order valence-electron chi connectivity index (χ4n) is 1.08. The second kappa shape index (κ2) is 1.98. The zero-order valence-corrected chi connectivity index (χ0v) is 6.09. The molecule has 0 saturated carbocycles. The van der Waals surface area contributed by atoms with Crippen LogP contribution in [0.2, 0.25) is 0 Å². The molecule has 0 aliphatic carbocycles. The van der Waals surface area contributed by atoms with E-state index in [9.17, 15) is 4.79 Å². The van der Waals surface area contributed by atoms with Gasteiger partial charge in [0.15, 0.2) is 5.82 Å². The van der Waals surface area contributed by atoms with Crippen LogP contribution in [0.1, 0.15) is 5.69 Å². The number of aromatic nitrogens is 2. The van der Waals surface area contributed by atoms with E-state index >= 15 is 0 Å². The lowest BCUT2D eigenvalue weighted by Crippen LogP contribution is -2.34. The molecule has 0 bridgehead atoms. The molecule has 0 aromatic carbocycles. The van der Waals surface area contributed by atoms with Crippen molar-refractivity contribution in [1.29, 1.82) is 0 Å². The number of anilines is 1. The van der Waals surface area contributed by atoms with Gasteiger partial charge in [-0.3, -0.25) is 5.32 Å². The molecule has 5 nitrogen and oxygen atoms in total. The van der Waals surface area contributed by atoms with Crippen molar-refractivity contribution in [3.05, 3.63) is 12.0 Å². The number of nitrogens with one attached hydrogen (secondary N) is 2. The van der Waals surface area contributed by atoms with Crippen LogP contribution in [0.15, 0.2) is 6.33 Å². The predicted molar refractivity (Wildman–Crippen MR) is 39.1 cm³/mol. The number of imidazole rings is 1. The van der Waals surface area contributed by atoms with Crippen LogP contribution in [-0.4, -0.2) is 15.6 Å². The van der Waals surface area contributed by atoms with Gasteiger partial charge in [-0.2, -0.15) is 0 Å². The number of aryl methyl sites for hydroxylation is 1. The second-order valence-corrected chi connectivity index (χ2v) is 2.46. The Morgan fingerprint density at radius 3 is 3.36 bits per heavy atom. The fourth-order valence-corrected chi connectivity index (χ4v) is 1.08.